The molecule has 0 aromatic heterocycles. The van der Waals surface area contributed by atoms with E-state index in [-0.39, 0.29) is 5.75 Å². The lowest BCUT2D eigenvalue weighted by molar-refractivity contribution is -0.139. The van der Waals surface area contributed by atoms with Crippen LogP contribution in [0.25, 0.3) is 0 Å². The zero-order chi connectivity index (χ0) is 10.8. The summed E-state index contributed by atoms with van der Waals surface area (Å²) in [7, 11) is 0. The number of carboxylic acid groups (broad SMARTS) is 1. The summed E-state index contributed by atoms with van der Waals surface area (Å²) >= 11 is 0. The van der Waals surface area contributed by atoms with E-state index in [0.29, 0.717) is 11.6 Å². The number of hydrogen-bond acceptors (Lipinski definition) is 3. The van der Waals surface area contributed by atoms with Crippen molar-refractivity contribution in [2.45, 2.75) is 24.9 Å². The molecular formula is C11H13NO3. The first-order chi connectivity index (χ1) is 7.16. The van der Waals surface area contributed by atoms with Crippen molar-refractivity contribution in [1.82, 2.24) is 5.32 Å². The molecule has 0 spiro atoms. The highest BCUT2D eigenvalue weighted by molar-refractivity contribution is 5.75. The van der Waals surface area contributed by atoms with Gasteiger partial charge in [-0.2, -0.15) is 0 Å². The molecule has 1 atom stereocenters. The Morgan fingerprint density at radius 1 is 1.47 bits per heavy atom. The molecule has 1 aliphatic rings. The molecule has 0 amide bonds. The van der Waals surface area contributed by atoms with Crippen LogP contribution in [-0.2, 0) is 4.79 Å². The van der Waals surface area contributed by atoms with E-state index in [9.17, 15) is 9.90 Å². The predicted molar refractivity (Wildman–Crippen MR) is 54.6 cm³/mol. The number of rotatable bonds is 4. The third-order valence-electron chi connectivity index (χ3n) is 2.43. The van der Waals surface area contributed by atoms with Gasteiger partial charge in [-0.15, -0.1) is 0 Å². The van der Waals surface area contributed by atoms with Crippen molar-refractivity contribution in [3.05, 3.63) is 29.8 Å². The van der Waals surface area contributed by atoms with Crippen LogP contribution in [0.1, 0.15) is 24.4 Å². The maximum absolute atomic E-state index is 11.0. The molecule has 4 heteroatoms. The van der Waals surface area contributed by atoms with Crippen LogP contribution < -0.4 is 5.32 Å². The molecule has 2 rings (SSSR count). The molecule has 1 unspecified atom stereocenters. The van der Waals surface area contributed by atoms with Crippen LogP contribution in [0.5, 0.6) is 5.75 Å². The summed E-state index contributed by atoms with van der Waals surface area (Å²) in [4.78, 5) is 11.0. The van der Waals surface area contributed by atoms with E-state index in [1.54, 1.807) is 12.1 Å². The van der Waals surface area contributed by atoms with Crippen molar-refractivity contribution >= 4 is 5.97 Å². The number of phenols is 1. The summed E-state index contributed by atoms with van der Waals surface area (Å²) in [6, 6.07) is 5.95. The number of hydrogen-bond donors (Lipinski definition) is 3. The number of benzene rings is 1. The summed E-state index contributed by atoms with van der Waals surface area (Å²) < 4.78 is 0. The van der Waals surface area contributed by atoms with Gasteiger partial charge in [0.1, 0.15) is 11.8 Å². The molecule has 80 valence electrons. The van der Waals surface area contributed by atoms with Crippen molar-refractivity contribution in [3.63, 3.8) is 0 Å². The summed E-state index contributed by atoms with van der Waals surface area (Å²) in [6.07, 6.45) is 2.06. The minimum Gasteiger partial charge on any atom is -0.508 e. The fraction of sp³-hybridized carbons (Fsp3) is 0.364. The largest absolute Gasteiger partial charge is 0.508 e. The standard InChI is InChI=1S/C11H13NO3/c13-9-3-1-2-7(6-9)10(11(14)15)12-8-4-5-8/h1-3,6,8,10,12-13H,4-5H2,(H,14,15). The van der Waals surface area contributed by atoms with Crippen LogP contribution in [0.15, 0.2) is 24.3 Å². The molecule has 4 nitrogen and oxygen atoms in total. The van der Waals surface area contributed by atoms with Crippen molar-refractivity contribution in [1.29, 1.82) is 0 Å². The molecule has 0 bridgehead atoms. The van der Waals surface area contributed by atoms with Crippen molar-refractivity contribution in [2.24, 2.45) is 0 Å². The average molecular weight is 207 g/mol. The molecular weight excluding hydrogens is 194 g/mol. The highest BCUT2D eigenvalue weighted by Crippen LogP contribution is 2.25. The summed E-state index contributed by atoms with van der Waals surface area (Å²) in [6.45, 7) is 0. The number of aliphatic carboxylic acids is 1. The molecule has 0 aliphatic heterocycles. The maximum Gasteiger partial charge on any atom is 0.325 e. The molecule has 0 heterocycles. The molecule has 1 aliphatic carbocycles. The van der Waals surface area contributed by atoms with Crippen LogP contribution in [0, 0.1) is 0 Å². The van der Waals surface area contributed by atoms with Crippen molar-refractivity contribution in [3.8, 4) is 5.75 Å². The van der Waals surface area contributed by atoms with Gasteiger partial charge in [-0.3, -0.25) is 10.1 Å². The fourth-order valence-corrected chi connectivity index (χ4v) is 1.50. The number of aromatic hydroxyl groups is 1. The second-order valence-corrected chi connectivity index (χ2v) is 3.81. The molecule has 0 radical (unpaired) electrons. The van der Waals surface area contributed by atoms with Gasteiger partial charge in [0.2, 0.25) is 0 Å². The lowest BCUT2D eigenvalue weighted by Crippen LogP contribution is -2.30. The molecule has 15 heavy (non-hydrogen) atoms. The second-order valence-electron chi connectivity index (χ2n) is 3.81. The fourth-order valence-electron chi connectivity index (χ4n) is 1.50. The zero-order valence-electron chi connectivity index (χ0n) is 8.18. The van der Waals surface area contributed by atoms with Gasteiger partial charge in [0.15, 0.2) is 0 Å². The van der Waals surface area contributed by atoms with E-state index in [1.807, 2.05) is 0 Å². The van der Waals surface area contributed by atoms with E-state index >= 15 is 0 Å². The van der Waals surface area contributed by atoms with E-state index in [0.717, 1.165) is 12.8 Å². The molecule has 1 fully saturated rings. The summed E-state index contributed by atoms with van der Waals surface area (Å²) in [5.41, 5.74) is 0.592. The Hall–Kier alpha value is -1.55. The normalized spacial score (nSPS) is 17.3. The van der Waals surface area contributed by atoms with Crippen LogP contribution in [0.3, 0.4) is 0 Å². The topological polar surface area (TPSA) is 69.6 Å². The quantitative estimate of drug-likeness (QED) is 0.695. The SMILES string of the molecule is O=C(O)C(NC1CC1)c1cccc(O)c1. The monoisotopic (exact) mass is 207 g/mol. The summed E-state index contributed by atoms with van der Waals surface area (Å²) in [5, 5.41) is 21.3. The highest BCUT2D eigenvalue weighted by Gasteiger charge is 2.29. The number of carboxylic acids is 1. The van der Waals surface area contributed by atoms with Gasteiger partial charge in [-0.1, -0.05) is 12.1 Å². The maximum atomic E-state index is 11.0. The highest BCUT2D eigenvalue weighted by atomic mass is 16.4. The van der Waals surface area contributed by atoms with Gasteiger partial charge in [0.25, 0.3) is 0 Å². The van der Waals surface area contributed by atoms with E-state index in [4.69, 9.17) is 5.11 Å². The Morgan fingerprint density at radius 3 is 2.73 bits per heavy atom. The van der Waals surface area contributed by atoms with Gasteiger partial charge in [-0.05, 0) is 30.5 Å². The molecule has 0 saturated heterocycles. The van der Waals surface area contributed by atoms with E-state index < -0.39 is 12.0 Å². The Bertz CT molecular complexity index is 374. The molecule has 3 N–H and O–H groups in total. The van der Waals surface area contributed by atoms with Gasteiger partial charge in [-0.25, -0.2) is 0 Å². The smallest absolute Gasteiger partial charge is 0.325 e. The minimum absolute atomic E-state index is 0.0938. The lowest BCUT2D eigenvalue weighted by atomic mass is 10.1. The first-order valence-electron chi connectivity index (χ1n) is 4.94. The zero-order valence-corrected chi connectivity index (χ0v) is 8.18. The Morgan fingerprint density at radius 2 is 2.20 bits per heavy atom. The van der Waals surface area contributed by atoms with E-state index in [1.165, 1.54) is 12.1 Å². The number of nitrogens with one attached hydrogen (secondary N) is 1. The van der Waals surface area contributed by atoms with Crippen LogP contribution in [0.4, 0.5) is 0 Å². The average Bonchev–Trinajstić information content (AvgIpc) is 2.97. The van der Waals surface area contributed by atoms with Gasteiger partial charge >= 0.3 is 5.97 Å². The summed E-state index contributed by atoms with van der Waals surface area (Å²) in [5.74, 6) is -0.816. The van der Waals surface area contributed by atoms with Gasteiger partial charge in [0.05, 0.1) is 0 Å². The number of carbonyl (C=O) groups is 1. The first-order valence-corrected chi connectivity index (χ1v) is 4.94. The predicted octanol–water partition coefficient (Wildman–Crippen LogP) is 1.27. The molecule has 1 aromatic rings. The molecule has 1 aromatic carbocycles. The lowest BCUT2D eigenvalue weighted by Gasteiger charge is -2.14. The van der Waals surface area contributed by atoms with Crippen LogP contribution in [0.2, 0.25) is 0 Å². The van der Waals surface area contributed by atoms with Gasteiger partial charge < -0.3 is 10.2 Å². The van der Waals surface area contributed by atoms with Gasteiger partial charge in [0, 0.05) is 6.04 Å². The Labute approximate surface area is 87.6 Å². The third-order valence-corrected chi connectivity index (χ3v) is 2.43. The third kappa shape index (κ3) is 2.47. The van der Waals surface area contributed by atoms with Crippen molar-refractivity contribution in [2.75, 3.05) is 0 Å². The number of phenolic OH excluding ortho intramolecular Hbond substituents is 1. The molecule has 1 saturated carbocycles. The Balaban J connectivity index is 2.18. The van der Waals surface area contributed by atoms with E-state index in [2.05, 4.69) is 5.32 Å². The van der Waals surface area contributed by atoms with Crippen LogP contribution in [-0.4, -0.2) is 22.2 Å². The first kappa shape index (κ1) is 9.98. The Kier molecular flexibility index (Phi) is 2.60. The van der Waals surface area contributed by atoms with Crippen molar-refractivity contribution < 1.29 is 15.0 Å². The minimum atomic E-state index is -0.910. The van der Waals surface area contributed by atoms with Crippen LogP contribution >= 0.6 is 0 Å². The second kappa shape index (κ2) is 3.90.